The highest BCUT2D eigenvalue weighted by atomic mass is 16.4. The van der Waals surface area contributed by atoms with Crippen LogP contribution in [0.5, 0.6) is 0 Å². The zero-order valence-corrected chi connectivity index (χ0v) is 17.8. The Bertz CT molecular complexity index is 851. The summed E-state index contributed by atoms with van der Waals surface area (Å²) in [6, 6.07) is 10.3. The molecule has 0 spiro atoms. The lowest BCUT2D eigenvalue weighted by Gasteiger charge is -2.60. The Morgan fingerprint density at radius 2 is 1.84 bits per heavy atom. The number of carboxylic acids is 1. The van der Waals surface area contributed by atoms with Crippen molar-refractivity contribution in [1.29, 1.82) is 5.26 Å². The van der Waals surface area contributed by atoms with Crippen LogP contribution >= 0.6 is 0 Å². The summed E-state index contributed by atoms with van der Waals surface area (Å²) >= 11 is 0. The normalized spacial score (nSPS) is 35.2. The molecule has 5 fully saturated rings. The number of nitrogens with zero attached hydrogens (tertiary/aromatic N) is 2. The molecule has 3 atom stereocenters. The summed E-state index contributed by atoms with van der Waals surface area (Å²) in [6.45, 7) is 1.02. The lowest BCUT2D eigenvalue weighted by atomic mass is 9.51. The number of carboxylic acid groups (broad SMARTS) is 1. The van der Waals surface area contributed by atoms with E-state index in [-0.39, 0.29) is 17.5 Å². The Morgan fingerprint density at radius 1 is 1.16 bits per heavy atom. The van der Waals surface area contributed by atoms with Gasteiger partial charge in [-0.05, 0) is 75.3 Å². The number of aromatic carboxylic acids is 1. The third-order valence-electron chi connectivity index (χ3n) is 7.39. The molecular formula is C24H31N3O4. The summed E-state index contributed by atoms with van der Waals surface area (Å²) in [5.41, 5.74) is -0.211. The third kappa shape index (κ3) is 4.76. The van der Waals surface area contributed by atoms with Crippen molar-refractivity contribution < 1.29 is 19.8 Å². The van der Waals surface area contributed by atoms with Crippen LogP contribution in [0.25, 0.3) is 0 Å². The smallest absolute Gasteiger partial charge is 0.335 e. The van der Waals surface area contributed by atoms with Crippen LogP contribution in [0, 0.1) is 23.2 Å². The maximum absolute atomic E-state index is 12.4. The Kier molecular flexibility index (Phi) is 6.05. The van der Waals surface area contributed by atoms with E-state index < -0.39 is 11.6 Å². The molecule has 4 aliphatic carbocycles. The van der Waals surface area contributed by atoms with Crippen molar-refractivity contribution in [2.24, 2.45) is 11.8 Å². The van der Waals surface area contributed by atoms with Gasteiger partial charge in [0.2, 0.25) is 5.91 Å². The molecule has 1 saturated heterocycles. The highest BCUT2D eigenvalue weighted by Gasteiger charge is 2.57. The minimum absolute atomic E-state index is 0.0453. The number of rotatable bonds is 4. The van der Waals surface area contributed by atoms with Crippen molar-refractivity contribution in [1.82, 2.24) is 10.2 Å². The number of carbonyl (C=O) groups excluding carboxylic acids is 1. The molecule has 0 radical (unpaired) electrons. The van der Waals surface area contributed by atoms with Crippen LogP contribution < -0.4 is 5.32 Å². The molecule has 2 unspecified atom stereocenters. The van der Waals surface area contributed by atoms with Crippen LogP contribution in [0.1, 0.15) is 61.7 Å². The van der Waals surface area contributed by atoms with Gasteiger partial charge >= 0.3 is 5.97 Å². The minimum Gasteiger partial charge on any atom is -0.478 e. The van der Waals surface area contributed by atoms with E-state index in [0.717, 1.165) is 44.9 Å². The largest absolute Gasteiger partial charge is 0.478 e. The van der Waals surface area contributed by atoms with Gasteiger partial charge in [0.05, 0.1) is 23.8 Å². The van der Waals surface area contributed by atoms with E-state index in [2.05, 4.69) is 11.4 Å². The monoisotopic (exact) mass is 425 g/mol. The van der Waals surface area contributed by atoms with Crippen LogP contribution in [-0.4, -0.2) is 57.3 Å². The molecule has 166 valence electrons. The van der Waals surface area contributed by atoms with Gasteiger partial charge in [0.1, 0.15) is 6.04 Å². The highest BCUT2D eigenvalue weighted by molar-refractivity contribution is 5.87. The molecule has 1 aromatic carbocycles. The number of nitriles is 1. The molecule has 0 aromatic heterocycles. The number of amides is 1. The fourth-order valence-corrected chi connectivity index (χ4v) is 6.57. The summed E-state index contributed by atoms with van der Waals surface area (Å²) in [7, 11) is 0. The maximum Gasteiger partial charge on any atom is 0.335 e. The predicted molar refractivity (Wildman–Crippen MR) is 114 cm³/mol. The molecule has 1 aliphatic heterocycles. The van der Waals surface area contributed by atoms with E-state index in [1.165, 1.54) is 6.42 Å². The van der Waals surface area contributed by atoms with Crippen molar-refractivity contribution in [2.45, 2.75) is 68.5 Å². The number of nitrogens with one attached hydrogen (secondary N) is 1. The summed E-state index contributed by atoms with van der Waals surface area (Å²) in [5.74, 6) is 0.405. The number of hydrogen-bond donors (Lipinski definition) is 3. The molecule has 7 heteroatoms. The zero-order chi connectivity index (χ0) is 22.1. The predicted octanol–water partition coefficient (Wildman–Crippen LogP) is 2.56. The second-order valence-electron chi connectivity index (χ2n) is 9.86. The second kappa shape index (κ2) is 8.60. The molecule has 31 heavy (non-hydrogen) atoms. The number of benzene rings is 1. The van der Waals surface area contributed by atoms with Crippen LogP contribution in [0.2, 0.25) is 0 Å². The van der Waals surface area contributed by atoms with E-state index in [4.69, 9.17) is 10.4 Å². The van der Waals surface area contributed by atoms with Gasteiger partial charge < -0.3 is 20.4 Å². The molecule has 1 amide bonds. The molecule has 6 rings (SSSR count). The number of carbonyl (C=O) groups is 2. The van der Waals surface area contributed by atoms with Crippen molar-refractivity contribution in [3.8, 4) is 6.07 Å². The van der Waals surface area contributed by atoms with Gasteiger partial charge in [-0.3, -0.25) is 4.79 Å². The van der Waals surface area contributed by atoms with Gasteiger partial charge in [-0.1, -0.05) is 18.2 Å². The van der Waals surface area contributed by atoms with Crippen molar-refractivity contribution in [2.75, 3.05) is 13.1 Å². The van der Waals surface area contributed by atoms with E-state index in [1.807, 2.05) is 0 Å². The first kappa shape index (κ1) is 21.8. The van der Waals surface area contributed by atoms with Crippen LogP contribution in [-0.2, 0) is 4.79 Å². The van der Waals surface area contributed by atoms with E-state index in [1.54, 1.807) is 35.2 Å². The fourth-order valence-electron chi connectivity index (χ4n) is 6.57. The molecule has 3 N–H and O–H groups in total. The third-order valence-corrected chi connectivity index (χ3v) is 7.39. The number of hydrogen-bond acceptors (Lipinski definition) is 5. The van der Waals surface area contributed by atoms with Crippen LogP contribution in [0.4, 0.5) is 0 Å². The van der Waals surface area contributed by atoms with Gasteiger partial charge in [0.25, 0.3) is 0 Å². The van der Waals surface area contributed by atoms with E-state index in [0.29, 0.717) is 30.5 Å². The Labute approximate surface area is 183 Å². The lowest BCUT2D eigenvalue weighted by Crippen LogP contribution is -2.65. The maximum atomic E-state index is 12.4. The molecule has 7 nitrogen and oxygen atoms in total. The first-order chi connectivity index (χ1) is 14.8. The zero-order valence-electron chi connectivity index (χ0n) is 17.8. The number of likely N-dealkylation sites (tertiary alicyclic amines) is 1. The second-order valence-corrected chi connectivity index (χ2v) is 9.86. The van der Waals surface area contributed by atoms with Gasteiger partial charge in [0.15, 0.2) is 0 Å². The topological polar surface area (TPSA) is 114 Å². The SMILES string of the molecule is N#C[C@@H]1CCCN1C(=O)CNC12CC3CC(CC(O)(C3)C1)C2.O=C(O)c1ccccc1. The van der Waals surface area contributed by atoms with Gasteiger partial charge in [-0.15, -0.1) is 0 Å². The van der Waals surface area contributed by atoms with E-state index >= 15 is 0 Å². The lowest BCUT2D eigenvalue weighted by molar-refractivity contribution is -0.147. The quantitative estimate of drug-likeness (QED) is 0.683. The fraction of sp³-hybridized carbons (Fsp3) is 0.625. The Hall–Kier alpha value is -2.43. The van der Waals surface area contributed by atoms with Crippen molar-refractivity contribution in [3.63, 3.8) is 0 Å². The summed E-state index contributed by atoms with van der Waals surface area (Å²) in [4.78, 5) is 24.4. The average Bonchev–Trinajstić information content (AvgIpc) is 3.20. The molecular weight excluding hydrogens is 394 g/mol. The van der Waals surface area contributed by atoms with E-state index in [9.17, 15) is 14.7 Å². The Balaban J connectivity index is 0.000000217. The summed E-state index contributed by atoms with van der Waals surface area (Å²) < 4.78 is 0. The summed E-state index contributed by atoms with van der Waals surface area (Å²) in [5, 5.41) is 31.8. The molecule has 5 aliphatic rings. The minimum atomic E-state index is -0.879. The van der Waals surface area contributed by atoms with Crippen molar-refractivity contribution in [3.05, 3.63) is 35.9 Å². The highest BCUT2D eigenvalue weighted by Crippen LogP contribution is 2.57. The van der Waals surface area contributed by atoms with Crippen LogP contribution in [0.15, 0.2) is 30.3 Å². The van der Waals surface area contributed by atoms with Gasteiger partial charge in [0, 0.05) is 12.1 Å². The molecule has 1 heterocycles. The van der Waals surface area contributed by atoms with Crippen LogP contribution in [0.3, 0.4) is 0 Å². The Morgan fingerprint density at radius 3 is 2.39 bits per heavy atom. The molecule has 4 saturated carbocycles. The van der Waals surface area contributed by atoms with Gasteiger partial charge in [-0.2, -0.15) is 5.26 Å². The average molecular weight is 426 g/mol. The first-order valence-electron chi connectivity index (χ1n) is 11.3. The summed E-state index contributed by atoms with van der Waals surface area (Å²) in [6.07, 6.45) is 7.87. The standard InChI is InChI=1S/C17H25N3O2.C7H6O2/c18-9-14-2-1-3-20(14)15(21)10-19-16-5-12-4-13(6-16)8-17(22,7-12)11-16;8-7(9)6-4-2-1-3-5-6/h12-14,19,22H,1-8,10-11H2;1-5H,(H,8,9)/t12?,13?,14-,16?,17?;/m0./s1. The number of aliphatic hydroxyl groups is 1. The van der Waals surface area contributed by atoms with Gasteiger partial charge in [-0.25, -0.2) is 4.79 Å². The molecule has 1 aromatic rings. The van der Waals surface area contributed by atoms with Crippen molar-refractivity contribution >= 4 is 11.9 Å². The first-order valence-corrected chi connectivity index (χ1v) is 11.3. The molecule has 4 bridgehead atoms.